The fourth-order valence-corrected chi connectivity index (χ4v) is 2.92. The minimum absolute atomic E-state index is 0.163. The Morgan fingerprint density at radius 2 is 1.91 bits per heavy atom. The van der Waals surface area contributed by atoms with E-state index in [9.17, 15) is 4.79 Å². The van der Waals surface area contributed by atoms with Gasteiger partial charge in [-0.25, -0.2) is 15.0 Å². The fraction of sp³-hybridized carbons (Fsp3) is 0.600. The predicted octanol–water partition coefficient (Wildman–Crippen LogP) is 1.58. The van der Waals surface area contributed by atoms with Crippen LogP contribution in [0.3, 0.4) is 0 Å². The summed E-state index contributed by atoms with van der Waals surface area (Å²) in [7, 11) is 1.88. The Labute approximate surface area is 129 Å². The first-order valence-electron chi connectivity index (χ1n) is 7.88. The van der Waals surface area contributed by atoms with E-state index >= 15 is 0 Å². The summed E-state index contributed by atoms with van der Waals surface area (Å²) in [6.07, 6.45) is 9.02. The van der Waals surface area contributed by atoms with Gasteiger partial charge in [0.1, 0.15) is 11.8 Å². The van der Waals surface area contributed by atoms with Gasteiger partial charge in [-0.1, -0.05) is 19.3 Å². The largest absolute Gasteiger partial charge is 0.348 e. The van der Waals surface area contributed by atoms with Gasteiger partial charge in [-0.15, -0.1) is 0 Å². The number of amides is 1. The van der Waals surface area contributed by atoms with Crippen LogP contribution in [0.5, 0.6) is 0 Å². The summed E-state index contributed by atoms with van der Waals surface area (Å²) in [4.78, 5) is 31.9. The fourth-order valence-electron chi connectivity index (χ4n) is 2.92. The minimum Gasteiger partial charge on any atom is -0.348 e. The molecule has 118 valence electrons. The topological polar surface area (TPSA) is 78.0 Å². The number of fused-ring (bicyclic) bond motifs is 1. The normalized spacial score (nSPS) is 16.3. The summed E-state index contributed by atoms with van der Waals surface area (Å²) >= 11 is 0. The third-order valence-corrected chi connectivity index (χ3v) is 4.15. The molecule has 7 heteroatoms. The maximum absolute atomic E-state index is 12.5. The van der Waals surface area contributed by atoms with Gasteiger partial charge in [0.05, 0.1) is 12.9 Å². The molecule has 0 bridgehead atoms. The van der Waals surface area contributed by atoms with E-state index < -0.39 is 0 Å². The molecule has 1 aliphatic heterocycles. The average molecular weight is 302 g/mol. The van der Waals surface area contributed by atoms with Crippen molar-refractivity contribution in [1.29, 1.82) is 0 Å². The summed E-state index contributed by atoms with van der Waals surface area (Å²) in [6.45, 7) is 2.07. The third-order valence-electron chi connectivity index (χ3n) is 4.15. The van der Waals surface area contributed by atoms with E-state index in [2.05, 4.69) is 19.9 Å². The lowest BCUT2D eigenvalue weighted by Crippen LogP contribution is -2.40. The molecule has 1 saturated heterocycles. The monoisotopic (exact) mass is 302 g/mol. The van der Waals surface area contributed by atoms with Crippen molar-refractivity contribution in [1.82, 2.24) is 24.8 Å². The minimum atomic E-state index is 0.163. The molecule has 0 atom stereocenters. The second kappa shape index (κ2) is 6.72. The lowest BCUT2D eigenvalue weighted by molar-refractivity contribution is -0.130. The molecule has 3 heterocycles. The zero-order valence-electron chi connectivity index (χ0n) is 13.0. The van der Waals surface area contributed by atoms with Crippen LogP contribution >= 0.6 is 0 Å². The number of carbonyl (C=O) groups excluding carboxylic acids is 1. The highest BCUT2D eigenvalue weighted by molar-refractivity contribution is 5.87. The number of rotatable bonds is 3. The maximum atomic E-state index is 12.5. The lowest BCUT2D eigenvalue weighted by atomic mass is 10.1. The van der Waals surface area contributed by atoms with Crippen LogP contribution in [0.15, 0.2) is 12.7 Å². The molecule has 22 heavy (non-hydrogen) atoms. The molecule has 3 rings (SSSR count). The van der Waals surface area contributed by atoms with E-state index in [-0.39, 0.29) is 5.91 Å². The molecule has 0 aliphatic carbocycles. The number of likely N-dealkylation sites (N-methyl/N-ethyl adjacent to an activating group) is 1. The van der Waals surface area contributed by atoms with E-state index in [1.54, 1.807) is 6.33 Å². The number of nitrogens with one attached hydrogen (secondary N) is 1. The van der Waals surface area contributed by atoms with Crippen molar-refractivity contribution in [3.63, 3.8) is 0 Å². The van der Waals surface area contributed by atoms with E-state index in [1.807, 2.05) is 16.8 Å². The highest BCUT2D eigenvalue weighted by Gasteiger charge is 2.18. The van der Waals surface area contributed by atoms with Crippen LogP contribution in [0.1, 0.15) is 32.1 Å². The van der Waals surface area contributed by atoms with E-state index in [0.29, 0.717) is 18.0 Å². The van der Waals surface area contributed by atoms with Crippen LogP contribution in [0, 0.1) is 0 Å². The van der Waals surface area contributed by atoms with Crippen molar-refractivity contribution in [3.8, 4) is 0 Å². The Balaban J connectivity index is 1.68. The number of carbonyl (C=O) groups is 1. The average Bonchev–Trinajstić information content (AvgIpc) is 2.94. The SMILES string of the molecule is CN(CC(=O)N1CCCCCCC1)c1ncnc2nc[nH]c12. The van der Waals surface area contributed by atoms with Gasteiger partial charge in [0, 0.05) is 20.1 Å². The Hall–Kier alpha value is -2.18. The Morgan fingerprint density at radius 1 is 1.18 bits per heavy atom. The molecular weight excluding hydrogens is 280 g/mol. The first kappa shape index (κ1) is 14.7. The Morgan fingerprint density at radius 3 is 2.68 bits per heavy atom. The number of aromatic amines is 1. The number of nitrogens with zero attached hydrogens (tertiary/aromatic N) is 5. The van der Waals surface area contributed by atoms with Crippen LogP contribution in [-0.4, -0.2) is 57.4 Å². The molecule has 0 radical (unpaired) electrons. The van der Waals surface area contributed by atoms with Gasteiger partial charge in [-0.3, -0.25) is 4.79 Å². The number of anilines is 1. The van der Waals surface area contributed by atoms with Crippen molar-refractivity contribution >= 4 is 22.9 Å². The van der Waals surface area contributed by atoms with Gasteiger partial charge >= 0.3 is 0 Å². The molecule has 1 amide bonds. The van der Waals surface area contributed by atoms with Gasteiger partial charge in [-0.2, -0.15) is 0 Å². The molecule has 2 aromatic rings. The van der Waals surface area contributed by atoms with Crippen molar-refractivity contribution in [2.45, 2.75) is 32.1 Å². The van der Waals surface area contributed by atoms with Crippen molar-refractivity contribution < 1.29 is 4.79 Å². The van der Waals surface area contributed by atoms with Crippen LogP contribution in [-0.2, 0) is 4.79 Å². The quantitative estimate of drug-likeness (QED) is 0.931. The van der Waals surface area contributed by atoms with Gasteiger partial charge in [0.2, 0.25) is 5.91 Å². The van der Waals surface area contributed by atoms with Crippen LogP contribution in [0.2, 0.25) is 0 Å². The molecule has 1 aliphatic rings. The predicted molar refractivity (Wildman–Crippen MR) is 84.6 cm³/mol. The smallest absolute Gasteiger partial charge is 0.242 e. The zero-order chi connectivity index (χ0) is 15.4. The second-order valence-electron chi connectivity index (χ2n) is 5.80. The number of hydrogen-bond donors (Lipinski definition) is 1. The van der Waals surface area contributed by atoms with Gasteiger partial charge in [-0.05, 0) is 12.8 Å². The number of aromatic nitrogens is 4. The molecule has 0 unspecified atom stereocenters. The number of hydrogen-bond acceptors (Lipinski definition) is 5. The number of imidazole rings is 1. The summed E-state index contributed by atoms with van der Waals surface area (Å²) in [5, 5.41) is 0. The molecule has 0 saturated carbocycles. The Bertz CT molecular complexity index is 632. The summed E-state index contributed by atoms with van der Waals surface area (Å²) in [5.74, 6) is 0.874. The molecule has 0 spiro atoms. The molecule has 1 fully saturated rings. The van der Waals surface area contributed by atoms with Crippen LogP contribution < -0.4 is 4.90 Å². The third kappa shape index (κ3) is 3.18. The maximum Gasteiger partial charge on any atom is 0.242 e. The van der Waals surface area contributed by atoms with Crippen molar-refractivity contribution in [3.05, 3.63) is 12.7 Å². The molecule has 7 nitrogen and oxygen atoms in total. The molecule has 2 aromatic heterocycles. The highest BCUT2D eigenvalue weighted by atomic mass is 16.2. The van der Waals surface area contributed by atoms with E-state index in [0.717, 1.165) is 31.4 Å². The van der Waals surface area contributed by atoms with Crippen molar-refractivity contribution in [2.75, 3.05) is 31.6 Å². The standard InChI is InChI=1S/C15H22N6O/c1-20(15-13-14(17-10-16-13)18-11-19-15)9-12(22)21-7-5-3-2-4-6-8-21/h10-11H,2-9H2,1H3,(H,16,17,18,19). The highest BCUT2D eigenvalue weighted by Crippen LogP contribution is 2.18. The second-order valence-corrected chi connectivity index (χ2v) is 5.80. The number of H-pyrrole nitrogens is 1. The van der Waals surface area contributed by atoms with Crippen LogP contribution in [0.25, 0.3) is 11.2 Å². The van der Waals surface area contributed by atoms with E-state index in [1.165, 1.54) is 25.6 Å². The summed E-state index contributed by atoms with van der Waals surface area (Å²) < 4.78 is 0. The van der Waals surface area contributed by atoms with Gasteiger partial charge in [0.15, 0.2) is 11.5 Å². The molecule has 0 aromatic carbocycles. The van der Waals surface area contributed by atoms with Gasteiger partial charge < -0.3 is 14.8 Å². The van der Waals surface area contributed by atoms with E-state index in [4.69, 9.17) is 0 Å². The lowest BCUT2D eigenvalue weighted by Gasteiger charge is -2.27. The summed E-state index contributed by atoms with van der Waals surface area (Å²) in [6, 6.07) is 0. The number of likely N-dealkylation sites (tertiary alicyclic amines) is 1. The Kier molecular flexibility index (Phi) is 4.50. The zero-order valence-corrected chi connectivity index (χ0v) is 13.0. The van der Waals surface area contributed by atoms with Gasteiger partial charge in [0.25, 0.3) is 0 Å². The summed E-state index contributed by atoms with van der Waals surface area (Å²) in [5.41, 5.74) is 1.39. The van der Waals surface area contributed by atoms with Crippen LogP contribution in [0.4, 0.5) is 5.82 Å². The van der Waals surface area contributed by atoms with Crippen molar-refractivity contribution in [2.24, 2.45) is 0 Å². The first-order valence-corrected chi connectivity index (χ1v) is 7.88. The molecule has 1 N–H and O–H groups in total. The first-order chi connectivity index (χ1) is 10.8. The molecular formula is C15H22N6O.